The summed E-state index contributed by atoms with van der Waals surface area (Å²) >= 11 is 1.62. The number of aryl methyl sites for hydroxylation is 1. The molecule has 2 aromatic rings. The fraction of sp³-hybridized carbons (Fsp3) is 0.308. The maximum atomic E-state index is 4.99. The van der Waals surface area contributed by atoms with Crippen LogP contribution >= 0.6 is 11.3 Å². The van der Waals surface area contributed by atoms with Crippen LogP contribution in [0, 0.1) is 6.92 Å². The van der Waals surface area contributed by atoms with E-state index < -0.39 is 0 Å². The maximum absolute atomic E-state index is 4.99. The molecule has 0 aliphatic heterocycles. The number of ether oxygens (including phenoxy) is 1. The minimum atomic E-state index is 0.694. The van der Waals surface area contributed by atoms with E-state index in [1.54, 1.807) is 18.4 Å². The molecule has 4 heteroatoms. The molecule has 0 atom stereocenters. The summed E-state index contributed by atoms with van der Waals surface area (Å²) in [7, 11) is 1.70. The van der Waals surface area contributed by atoms with Gasteiger partial charge in [-0.1, -0.05) is 23.8 Å². The van der Waals surface area contributed by atoms with Crippen molar-refractivity contribution in [3.63, 3.8) is 0 Å². The molecule has 0 saturated carbocycles. The van der Waals surface area contributed by atoms with Gasteiger partial charge in [-0.2, -0.15) is 0 Å². The molecule has 17 heavy (non-hydrogen) atoms. The van der Waals surface area contributed by atoms with Gasteiger partial charge in [0.25, 0.3) is 0 Å². The zero-order valence-corrected chi connectivity index (χ0v) is 10.9. The first-order valence-electron chi connectivity index (χ1n) is 5.55. The van der Waals surface area contributed by atoms with Crippen LogP contribution in [0.1, 0.15) is 5.56 Å². The maximum Gasteiger partial charge on any atom is 0.183 e. The molecular formula is C13H16N2OS. The molecule has 2 rings (SSSR count). The first kappa shape index (κ1) is 12.1. The Bertz CT molecular complexity index is 482. The predicted octanol–water partition coefficient (Wildman–Crippen LogP) is 3.18. The molecule has 0 bridgehead atoms. The number of nitrogens with zero attached hydrogens (tertiary/aromatic N) is 1. The molecule has 1 aromatic heterocycles. The van der Waals surface area contributed by atoms with Gasteiger partial charge in [-0.3, -0.25) is 0 Å². The first-order valence-corrected chi connectivity index (χ1v) is 6.43. The highest BCUT2D eigenvalue weighted by molar-refractivity contribution is 7.14. The van der Waals surface area contributed by atoms with Crippen molar-refractivity contribution in [1.82, 2.24) is 4.98 Å². The third-order valence-corrected chi connectivity index (χ3v) is 3.20. The average molecular weight is 248 g/mol. The second-order valence-electron chi connectivity index (χ2n) is 3.83. The lowest BCUT2D eigenvalue weighted by atomic mass is 10.1. The summed E-state index contributed by atoms with van der Waals surface area (Å²) in [6, 6.07) is 8.38. The van der Waals surface area contributed by atoms with Crippen molar-refractivity contribution >= 4 is 16.5 Å². The molecular weight excluding hydrogens is 232 g/mol. The van der Waals surface area contributed by atoms with Crippen LogP contribution in [0.25, 0.3) is 11.3 Å². The molecule has 0 amide bonds. The highest BCUT2D eigenvalue weighted by Crippen LogP contribution is 2.25. The summed E-state index contributed by atoms with van der Waals surface area (Å²) in [5, 5.41) is 6.25. The van der Waals surface area contributed by atoms with Gasteiger partial charge in [-0.05, 0) is 13.0 Å². The van der Waals surface area contributed by atoms with Crippen LogP contribution in [0.4, 0.5) is 5.13 Å². The number of hydrogen-bond donors (Lipinski definition) is 1. The fourth-order valence-electron chi connectivity index (χ4n) is 1.55. The highest BCUT2D eigenvalue weighted by Gasteiger charge is 2.03. The Morgan fingerprint density at radius 3 is 3.06 bits per heavy atom. The minimum Gasteiger partial charge on any atom is -0.383 e. The SMILES string of the molecule is COCCNc1nc(-c2cccc(C)c2)cs1. The quantitative estimate of drug-likeness (QED) is 0.825. The van der Waals surface area contributed by atoms with E-state index in [2.05, 4.69) is 46.9 Å². The molecule has 0 unspecified atom stereocenters. The van der Waals surface area contributed by atoms with Crippen LogP contribution in [0.15, 0.2) is 29.6 Å². The van der Waals surface area contributed by atoms with Gasteiger partial charge < -0.3 is 10.1 Å². The second kappa shape index (κ2) is 5.80. The van der Waals surface area contributed by atoms with Crippen molar-refractivity contribution in [2.24, 2.45) is 0 Å². The van der Waals surface area contributed by atoms with Gasteiger partial charge in [-0.15, -0.1) is 11.3 Å². The topological polar surface area (TPSA) is 34.1 Å². The van der Waals surface area contributed by atoms with E-state index >= 15 is 0 Å². The Balaban J connectivity index is 2.07. The number of aromatic nitrogens is 1. The Kier molecular flexibility index (Phi) is 4.12. The predicted molar refractivity (Wildman–Crippen MR) is 72.7 cm³/mol. The summed E-state index contributed by atoms with van der Waals surface area (Å²) < 4.78 is 4.99. The first-order chi connectivity index (χ1) is 8.29. The van der Waals surface area contributed by atoms with Crippen LogP contribution in [0.3, 0.4) is 0 Å². The molecule has 0 fully saturated rings. The number of hydrogen-bond acceptors (Lipinski definition) is 4. The molecule has 90 valence electrons. The highest BCUT2D eigenvalue weighted by atomic mass is 32.1. The molecule has 1 aromatic carbocycles. The van der Waals surface area contributed by atoms with Gasteiger partial charge in [-0.25, -0.2) is 4.98 Å². The van der Waals surface area contributed by atoms with Crippen molar-refractivity contribution in [2.45, 2.75) is 6.92 Å². The van der Waals surface area contributed by atoms with Crippen LogP contribution in [0.2, 0.25) is 0 Å². The van der Waals surface area contributed by atoms with Gasteiger partial charge >= 0.3 is 0 Å². The van der Waals surface area contributed by atoms with Crippen molar-refractivity contribution < 1.29 is 4.74 Å². The lowest BCUT2D eigenvalue weighted by Gasteiger charge is -2.00. The van der Waals surface area contributed by atoms with E-state index in [4.69, 9.17) is 4.74 Å². The lowest BCUT2D eigenvalue weighted by Crippen LogP contribution is -2.06. The van der Waals surface area contributed by atoms with Crippen LogP contribution < -0.4 is 5.32 Å². The van der Waals surface area contributed by atoms with Crippen molar-refractivity contribution in [1.29, 1.82) is 0 Å². The number of benzene rings is 1. The minimum absolute atomic E-state index is 0.694. The third-order valence-electron chi connectivity index (χ3n) is 2.40. The molecule has 1 N–H and O–H groups in total. The van der Waals surface area contributed by atoms with E-state index in [1.165, 1.54) is 11.1 Å². The van der Waals surface area contributed by atoms with Gasteiger partial charge in [0.05, 0.1) is 12.3 Å². The van der Waals surface area contributed by atoms with Crippen LogP contribution in [-0.4, -0.2) is 25.2 Å². The molecule has 0 aliphatic carbocycles. The normalized spacial score (nSPS) is 10.5. The number of anilines is 1. The zero-order chi connectivity index (χ0) is 12.1. The van der Waals surface area contributed by atoms with Gasteiger partial charge in [0.1, 0.15) is 0 Å². The molecule has 0 radical (unpaired) electrons. The molecule has 0 spiro atoms. The molecule has 3 nitrogen and oxygen atoms in total. The standard InChI is InChI=1S/C13H16N2OS/c1-10-4-3-5-11(8-10)12-9-17-13(15-12)14-6-7-16-2/h3-5,8-9H,6-7H2,1-2H3,(H,14,15). The lowest BCUT2D eigenvalue weighted by molar-refractivity contribution is 0.211. The summed E-state index contributed by atoms with van der Waals surface area (Å²) in [6.07, 6.45) is 0. The van der Waals surface area contributed by atoms with Crippen molar-refractivity contribution in [2.75, 3.05) is 25.6 Å². The average Bonchev–Trinajstić information content (AvgIpc) is 2.78. The van der Waals surface area contributed by atoms with E-state index in [0.29, 0.717) is 6.61 Å². The molecule has 0 saturated heterocycles. The van der Waals surface area contributed by atoms with Gasteiger partial charge in [0.15, 0.2) is 5.13 Å². The van der Waals surface area contributed by atoms with E-state index in [-0.39, 0.29) is 0 Å². The van der Waals surface area contributed by atoms with Gasteiger partial charge in [0.2, 0.25) is 0 Å². The Morgan fingerprint density at radius 2 is 2.29 bits per heavy atom. The summed E-state index contributed by atoms with van der Waals surface area (Å²) in [6.45, 7) is 3.57. The van der Waals surface area contributed by atoms with E-state index in [0.717, 1.165) is 17.4 Å². The summed E-state index contributed by atoms with van der Waals surface area (Å²) in [5.74, 6) is 0. The Labute approximate surface area is 105 Å². The van der Waals surface area contributed by atoms with Crippen molar-refractivity contribution in [3.05, 3.63) is 35.2 Å². The van der Waals surface area contributed by atoms with Crippen molar-refractivity contribution in [3.8, 4) is 11.3 Å². The molecule has 0 aliphatic rings. The summed E-state index contributed by atoms with van der Waals surface area (Å²) in [5.41, 5.74) is 3.45. The monoisotopic (exact) mass is 248 g/mol. The Morgan fingerprint density at radius 1 is 1.41 bits per heavy atom. The van der Waals surface area contributed by atoms with Crippen LogP contribution in [-0.2, 0) is 4.74 Å². The number of rotatable bonds is 5. The van der Waals surface area contributed by atoms with Crippen LogP contribution in [0.5, 0.6) is 0 Å². The molecule has 1 heterocycles. The number of nitrogens with one attached hydrogen (secondary N) is 1. The van der Waals surface area contributed by atoms with E-state index in [9.17, 15) is 0 Å². The third kappa shape index (κ3) is 3.28. The van der Waals surface area contributed by atoms with E-state index in [1.807, 2.05) is 0 Å². The summed E-state index contributed by atoms with van der Waals surface area (Å²) in [4.78, 5) is 4.55. The Hall–Kier alpha value is -1.39. The van der Waals surface area contributed by atoms with Gasteiger partial charge in [0, 0.05) is 24.6 Å². The largest absolute Gasteiger partial charge is 0.383 e. The number of thiazole rings is 1. The fourth-order valence-corrected chi connectivity index (χ4v) is 2.30. The second-order valence-corrected chi connectivity index (χ2v) is 4.69. The number of methoxy groups -OCH3 is 1. The smallest absolute Gasteiger partial charge is 0.183 e. The zero-order valence-electron chi connectivity index (χ0n) is 10.1.